The van der Waals surface area contributed by atoms with Crippen molar-refractivity contribution in [1.82, 2.24) is 15.1 Å². The van der Waals surface area contributed by atoms with Gasteiger partial charge >= 0.3 is 0 Å². The Labute approximate surface area is 200 Å². The second-order valence-corrected chi connectivity index (χ2v) is 10.2. The molecule has 172 valence electrons. The highest BCUT2D eigenvalue weighted by molar-refractivity contribution is 7.22. The number of anilines is 2. The minimum Gasteiger partial charge on any atom is -0.495 e. The van der Waals surface area contributed by atoms with E-state index in [4.69, 9.17) is 4.74 Å². The van der Waals surface area contributed by atoms with Crippen LogP contribution in [0, 0.1) is 12.8 Å². The molecule has 0 N–H and O–H groups in total. The molecule has 0 radical (unpaired) electrons. The first-order valence-electron chi connectivity index (χ1n) is 10.9. The highest BCUT2D eigenvalue weighted by Crippen LogP contribution is 2.35. The van der Waals surface area contributed by atoms with Crippen molar-refractivity contribution in [2.45, 2.75) is 13.3 Å². The van der Waals surface area contributed by atoms with Crippen molar-refractivity contribution in [2.75, 3.05) is 49.6 Å². The lowest BCUT2D eigenvalue weighted by molar-refractivity contribution is -0.136. The molecule has 2 amide bonds. The number of carbonyl (C=O) groups excluding carboxylic acids is 2. The van der Waals surface area contributed by atoms with Crippen molar-refractivity contribution >= 4 is 45.3 Å². The summed E-state index contributed by atoms with van der Waals surface area (Å²) in [7, 11) is 1.60. The third-order valence-electron chi connectivity index (χ3n) is 6.11. The largest absolute Gasteiger partial charge is 0.495 e. The Morgan fingerprint density at radius 1 is 1.15 bits per heavy atom. The van der Waals surface area contributed by atoms with Crippen LogP contribution >= 0.6 is 22.7 Å². The smallest absolute Gasteiger partial charge is 0.228 e. The van der Waals surface area contributed by atoms with Gasteiger partial charge in [0.25, 0.3) is 0 Å². The zero-order valence-electron chi connectivity index (χ0n) is 18.6. The topological polar surface area (TPSA) is 78.9 Å². The van der Waals surface area contributed by atoms with Crippen molar-refractivity contribution in [3.63, 3.8) is 0 Å². The first kappa shape index (κ1) is 21.8. The van der Waals surface area contributed by atoms with Gasteiger partial charge in [0.1, 0.15) is 5.75 Å². The summed E-state index contributed by atoms with van der Waals surface area (Å²) < 4.78 is 5.45. The fourth-order valence-electron chi connectivity index (χ4n) is 4.34. The van der Waals surface area contributed by atoms with Gasteiger partial charge in [-0.1, -0.05) is 23.5 Å². The van der Waals surface area contributed by atoms with Gasteiger partial charge in [-0.2, -0.15) is 0 Å². The Hall–Kier alpha value is -2.98. The number of piperazine rings is 1. The van der Waals surface area contributed by atoms with Gasteiger partial charge in [-0.15, -0.1) is 21.5 Å². The van der Waals surface area contributed by atoms with Crippen LogP contribution in [-0.4, -0.2) is 66.7 Å². The summed E-state index contributed by atoms with van der Waals surface area (Å²) >= 11 is 3.24. The van der Waals surface area contributed by atoms with E-state index in [2.05, 4.69) is 15.1 Å². The molecule has 33 heavy (non-hydrogen) atoms. The van der Waals surface area contributed by atoms with Gasteiger partial charge in [0.2, 0.25) is 16.9 Å². The van der Waals surface area contributed by atoms with Crippen LogP contribution in [0.15, 0.2) is 35.7 Å². The maximum atomic E-state index is 13.2. The summed E-state index contributed by atoms with van der Waals surface area (Å²) in [5.74, 6) is 0.329. The van der Waals surface area contributed by atoms with Crippen LogP contribution < -0.4 is 14.5 Å². The minimum atomic E-state index is -0.332. The molecule has 2 aliphatic heterocycles. The molecule has 1 aromatic carbocycles. The number of thiophene rings is 1. The molecule has 1 unspecified atom stereocenters. The fourth-order valence-corrected chi connectivity index (χ4v) is 6.02. The molecule has 0 aliphatic carbocycles. The van der Waals surface area contributed by atoms with Crippen molar-refractivity contribution in [3.8, 4) is 15.6 Å². The molecule has 10 heteroatoms. The lowest BCUT2D eigenvalue weighted by Gasteiger charge is -2.35. The number of rotatable bonds is 5. The van der Waals surface area contributed by atoms with Crippen LogP contribution in [0.5, 0.6) is 5.75 Å². The zero-order valence-corrected chi connectivity index (χ0v) is 20.2. The van der Waals surface area contributed by atoms with E-state index >= 15 is 0 Å². The highest BCUT2D eigenvalue weighted by atomic mass is 32.1. The molecule has 2 saturated heterocycles. The standard InChI is InChI=1S/C23H25N5O3S2/c1-15-5-6-18(31-2)17(12-15)28-14-16(13-20(28)29)22(30)26-7-9-27(10-8-26)23-25-24-21(33-23)19-4-3-11-32-19/h3-6,11-12,16H,7-10,13-14H2,1-2H3. The SMILES string of the molecule is COc1ccc(C)cc1N1CC(C(=O)N2CCN(c3nnc(-c4cccs4)s3)CC2)CC1=O. The van der Waals surface area contributed by atoms with Gasteiger partial charge in [0.15, 0.2) is 5.01 Å². The van der Waals surface area contributed by atoms with Crippen molar-refractivity contribution in [2.24, 2.45) is 5.92 Å². The van der Waals surface area contributed by atoms with E-state index in [1.807, 2.05) is 47.5 Å². The number of aryl methyl sites for hydroxylation is 1. The van der Waals surface area contributed by atoms with E-state index in [9.17, 15) is 9.59 Å². The number of hydrogen-bond donors (Lipinski definition) is 0. The monoisotopic (exact) mass is 483 g/mol. The first-order valence-corrected chi connectivity index (χ1v) is 12.6. The summed E-state index contributed by atoms with van der Waals surface area (Å²) in [4.78, 5) is 32.9. The van der Waals surface area contributed by atoms with Crippen molar-refractivity contribution < 1.29 is 14.3 Å². The Morgan fingerprint density at radius 3 is 2.70 bits per heavy atom. The average Bonchev–Trinajstić information content (AvgIpc) is 3.59. The van der Waals surface area contributed by atoms with Crippen LogP contribution in [0.3, 0.4) is 0 Å². The summed E-state index contributed by atoms with van der Waals surface area (Å²) in [6, 6.07) is 9.81. The molecule has 2 aliphatic rings. The van der Waals surface area contributed by atoms with Crippen molar-refractivity contribution in [3.05, 3.63) is 41.3 Å². The van der Waals surface area contributed by atoms with Gasteiger partial charge in [0, 0.05) is 39.1 Å². The number of methoxy groups -OCH3 is 1. The lowest BCUT2D eigenvalue weighted by atomic mass is 10.1. The Morgan fingerprint density at radius 2 is 1.97 bits per heavy atom. The molecule has 4 heterocycles. The molecular weight excluding hydrogens is 458 g/mol. The lowest BCUT2D eigenvalue weighted by Crippen LogP contribution is -2.50. The normalized spacial score (nSPS) is 18.8. The number of aromatic nitrogens is 2. The van der Waals surface area contributed by atoms with E-state index < -0.39 is 0 Å². The van der Waals surface area contributed by atoms with Gasteiger partial charge in [-0.3, -0.25) is 9.59 Å². The molecule has 3 aromatic rings. The van der Waals surface area contributed by atoms with Crippen LogP contribution in [0.4, 0.5) is 10.8 Å². The number of benzene rings is 1. The molecule has 0 bridgehead atoms. The molecule has 8 nitrogen and oxygen atoms in total. The molecule has 0 spiro atoms. The maximum absolute atomic E-state index is 13.2. The third-order valence-corrected chi connectivity index (χ3v) is 8.13. The minimum absolute atomic E-state index is 0.0362. The molecule has 1 atom stereocenters. The van der Waals surface area contributed by atoms with Crippen LogP contribution in [0.1, 0.15) is 12.0 Å². The van der Waals surface area contributed by atoms with E-state index in [0.29, 0.717) is 38.5 Å². The second-order valence-electron chi connectivity index (χ2n) is 8.26. The second kappa shape index (κ2) is 9.11. The van der Waals surface area contributed by atoms with E-state index in [1.54, 1.807) is 34.7 Å². The third kappa shape index (κ3) is 4.32. The van der Waals surface area contributed by atoms with Gasteiger partial charge < -0.3 is 19.4 Å². The Balaban J connectivity index is 1.21. The van der Waals surface area contributed by atoms with Crippen LogP contribution in [0.2, 0.25) is 0 Å². The van der Waals surface area contributed by atoms with E-state index in [1.165, 1.54) is 0 Å². The number of amides is 2. The molecule has 2 fully saturated rings. The van der Waals surface area contributed by atoms with Crippen molar-refractivity contribution in [1.29, 1.82) is 0 Å². The first-order chi connectivity index (χ1) is 16.0. The molecule has 0 saturated carbocycles. The predicted molar refractivity (Wildman–Crippen MR) is 130 cm³/mol. The number of carbonyl (C=O) groups is 2. The fraction of sp³-hybridized carbons (Fsp3) is 0.391. The molecule has 2 aromatic heterocycles. The Bertz CT molecular complexity index is 1150. The maximum Gasteiger partial charge on any atom is 0.228 e. The van der Waals surface area contributed by atoms with Gasteiger partial charge in [0.05, 0.1) is 23.6 Å². The average molecular weight is 484 g/mol. The summed E-state index contributed by atoms with van der Waals surface area (Å²) in [6.45, 7) is 5.02. The van der Waals surface area contributed by atoms with E-state index in [0.717, 1.165) is 26.3 Å². The summed E-state index contributed by atoms with van der Waals surface area (Å²) in [5.41, 5.74) is 1.78. The van der Waals surface area contributed by atoms with Gasteiger partial charge in [-0.25, -0.2) is 0 Å². The predicted octanol–water partition coefficient (Wildman–Crippen LogP) is 3.29. The van der Waals surface area contributed by atoms with Gasteiger partial charge in [-0.05, 0) is 36.1 Å². The summed E-state index contributed by atoms with van der Waals surface area (Å²) in [6.07, 6.45) is 0.233. The zero-order chi connectivity index (χ0) is 22.9. The van der Waals surface area contributed by atoms with Crippen LogP contribution in [0.25, 0.3) is 9.88 Å². The molecule has 5 rings (SSSR count). The summed E-state index contributed by atoms with van der Waals surface area (Å²) in [5, 5.41) is 12.5. The molecular formula is C23H25N5O3S2. The number of hydrogen-bond acceptors (Lipinski definition) is 8. The van der Waals surface area contributed by atoms with Crippen LogP contribution in [-0.2, 0) is 9.59 Å². The van der Waals surface area contributed by atoms with E-state index in [-0.39, 0.29) is 24.2 Å². The Kier molecular flexibility index (Phi) is 6.03. The number of ether oxygens (including phenoxy) is 1. The highest BCUT2D eigenvalue weighted by Gasteiger charge is 2.39. The number of nitrogens with zero attached hydrogens (tertiary/aromatic N) is 5. The quantitative estimate of drug-likeness (QED) is 0.554.